The Morgan fingerprint density at radius 3 is 2.58 bits per heavy atom. The topological polar surface area (TPSA) is 62.3 Å². The number of likely N-dealkylation sites (tertiary alicyclic amines) is 1. The molecule has 2 fully saturated rings. The maximum atomic E-state index is 13.5. The van der Waals surface area contributed by atoms with Gasteiger partial charge < -0.3 is 10.2 Å². The van der Waals surface area contributed by atoms with E-state index in [1.54, 1.807) is 12.4 Å². The summed E-state index contributed by atoms with van der Waals surface area (Å²) < 4.78 is 0. The van der Waals surface area contributed by atoms with Crippen molar-refractivity contribution >= 4 is 11.8 Å². The van der Waals surface area contributed by atoms with Gasteiger partial charge in [0.05, 0.1) is 5.41 Å². The lowest BCUT2D eigenvalue weighted by molar-refractivity contribution is -0.142. The molecule has 2 amide bonds. The molecule has 3 atom stereocenters. The number of hydrogen-bond donors (Lipinski definition) is 1. The number of piperidine rings is 1. The zero-order chi connectivity index (χ0) is 22.0. The maximum Gasteiger partial charge on any atom is 0.228 e. The van der Waals surface area contributed by atoms with Crippen LogP contribution < -0.4 is 5.32 Å². The van der Waals surface area contributed by atoms with E-state index in [0.29, 0.717) is 18.9 Å². The molecule has 164 valence electrons. The van der Waals surface area contributed by atoms with Crippen LogP contribution in [-0.2, 0) is 16.0 Å². The number of amides is 2. The van der Waals surface area contributed by atoms with Crippen LogP contribution >= 0.6 is 0 Å². The summed E-state index contributed by atoms with van der Waals surface area (Å²) >= 11 is 0. The van der Waals surface area contributed by atoms with Crippen molar-refractivity contribution in [2.75, 3.05) is 13.1 Å². The number of rotatable bonds is 6. The first-order valence-corrected chi connectivity index (χ1v) is 11.5. The Kier molecular flexibility index (Phi) is 6.12. The third kappa shape index (κ3) is 4.65. The van der Waals surface area contributed by atoms with Crippen LogP contribution in [0, 0.1) is 17.3 Å². The number of pyridine rings is 1. The van der Waals surface area contributed by atoms with E-state index in [9.17, 15) is 9.59 Å². The summed E-state index contributed by atoms with van der Waals surface area (Å²) in [7, 11) is 0. The van der Waals surface area contributed by atoms with E-state index in [1.165, 1.54) is 0 Å². The van der Waals surface area contributed by atoms with E-state index in [2.05, 4.69) is 29.4 Å². The van der Waals surface area contributed by atoms with Crippen molar-refractivity contribution in [2.45, 2.75) is 52.5 Å². The van der Waals surface area contributed by atoms with Gasteiger partial charge in [0.2, 0.25) is 11.8 Å². The molecule has 1 aromatic carbocycles. The molecule has 2 aromatic rings. The molecule has 0 spiro atoms. The van der Waals surface area contributed by atoms with Gasteiger partial charge in [-0.15, -0.1) is 0 Å². The van der Waals surface area contributed by atoms with Crippen molar-refractivity contribution in [1.29, 1.82) is 0 Å². The Morgan fingerprint density at radius 2 is 1.90 bits per heavy atom. The molecule has 2 aliphatic rings. The largest absolute Gasteiger partial charge is 0.353 e. The number of carbonyl (C=O) groups is 2. The first kappa shape index (κ1) is 21.5. The van der Waals surface area contributed by atoms with E-state index in [4.69, 9.17) is 0 Å². The quantitative estimate of drug-likeness (QED) is 0.767. The lowest BCUT2D eigenvalue weighted by atomic mass is 9.73. The van der Waals surface area contributed by atoms with Gasteiger partial charge in [0.25, 0.3) is 0 Å². The standard InChI is InChI=1S/C26H33N3O2/c1-18(2)28-25(31)26(11-6-14-29(17-26)24(30)23-15-19(23)3)16-21-7-4-5-8-22(21)20-9-12-27-13-10-20/h4-5,7-10,12-13,18-19,23H,6,11,14-17H2,1-3H3,(H,28,31)/t19-,23+,26+/m1/s1. The molecule has 1 saturated carbocycles. The van der Waals surface area contributed by atoms with Crippen LogP contribution in [0.15, 0.2) is 48.8 Å². The minimum atomic E-state index is -0.612. The molecule has 1 aromatic heterocycles. The highest BCUT2D eigenvalue weighted by atomic mass is 16.2. The molecule has 4 rings (SSSR count). The molecular formula is C26H33N3O2. The number of hydrogen-bond acceptors (Lipinski definition) is 3. The molecule has 1 saturated heterocycles. The highest BCUT2D eigenvalue weighted by molar-refractivity contribution is 5.87. The molecule has 31 heavy (non-hydrogen) atoms. The molecule has 0 unspecified atom stereocenters. The summed E-state index contributed by atoms with van der Waals surface area (Å²) in [6.45, 7) is 7.38. The average Bonchev–Trinajstić information content (AvgIpc) is 3.50. The zero-order valence-corrected chi connectivity index (χ0v) is 18.8. The molecule has 2 heterocycles. The van der Waals surface area contributed by atoms with Gasteiger partial charge in [-0.2, -0.15) is 0 Å². The lowest BCUT2D eigenvalue weighted by Gasteiger charge is -2.42. The Bertz CT molecular complexity index is 943. The number of nitrogens with one attached hydrogen (secondary N) is 1. The van der Waals surface area contributed by atoms with Crippen LogP contribution in [0.25, 0.3) is 11.1 Å². The minimum Gasteiger partial charge on any atom is -0.353 e. The Hall–Kier alpha value is -2.69. The third-order valence-electron chi connectivity index (χ3n) is 6.75. The van der Waals surface area contributed by atoms with E-state index in [1.807, 2.05) is 43.0 Å². The first-order valence-electron chi connectivity index (χ1n) is 11.5. The summed E-state index contributed by atoms with van der Waals surface area (Å²) in [5.41, 5.74) is 2.75. The van der Waals surface area contributed by atoms with Crippen LogP contribution in [-0.4, -0.2) is 40.8 Å². The minimum absolute atomic E-state index is 0.0633. The van der Waals surface area contributed by atoms with Crippen molar-refractivity contribution < 1.29 is 9.59 Å². The fourth-order valence-corrected chi connectivity index (χ4v) is 4.90. The van der Waals surface area contributed by atoms with E-state index in [0.717, 1.165) is 42.5 Å². The van der Waals surface area contributed by atoms with Gasteiger partial charge in [0.1, 0.15) is 0 Å². The maximum absolute atomic E-state index is 13.5. The Balaban J connectivity index is 1.67. The summed E-state index contributed by atoms with van der Waals surface area (Å²) in [6.07, 6.45) is 6.84. The van der Waals surface area contributed by atoms with Gasteiger partial charge in [-0.1, -0.05) is 31.2 Å². The average molecular weight is 420 g/mol. The lowest BCUT2D eigenvalue weighted by Crippen LogP contribution is -2.55. The first-order chi connectivity index (χ1) is 14.9. The molecule has 1 aliphatic heterocycles. The SMILES string of the molecule is CC(C)NC(=O)[C@]1(Cc2ccccc2-c2ccncc2)CCCN(C(=O)[C@H]2C[C@H]2C)C1. The predicted molar refractivity (Wildman–Crippen MR) is 122 cm³/mol. The molecule has 1 aliphatic carbocycles. The number of aromatic nitrogens is 1. The third-order valence-corrected chi connectivity index (χ3v) is 6.75. The molecular weight excluding hydrogens is 386 g/mol. The molecule has 0 radical (unpaired) electrons. The highest BCUT2D eigenvalue weighted by Crippen LogP contribution is 2.42. The van der Waals surface area contributed by atoms with Crippen LogP contribution in [0.4, 0.5) is 0 Å². The van der Waals surface area contributed by atoms with Gasteiger partial charge in [0.15, 0.2) is 0 Å². The van der Waals surface area contributed by atoms with Gasteiger partial charge in [-0.3, -0.25) is 14.6 Å². The highest BCUT2D eigenvalue weighted by Gasteiger charge is 2.48. The summed E-state index contributed by atoms with van der Waals surface area (Å²) in [4.78, 5) is 32.7. The van der Waals surface area contributed by atoms with Crippen molar-refractivity contribution in [3.8, 4) is 11.1 Å². The molecule has 0 bridgehead atoms. The van der Waals surface area contributed by atoms with Crippen molar-refractivity contribution in [2.24, 2.45) is 17.3 Å². The Labute approximate surface area is 185 Å². The van der Waals surface area contributed by atoms with Gasteiger partial charge in [-0.05, 0) is 74.3 Å². The second-order valence-corrected chi connectivity index (χ2v) is 9.66. The Morgan fingerprint density at radius 1 is 1.19 bits per heavy atom. The van der Waals surface area contributed by atoms with E-state index in [-0.39, 0.29) is 23.8 Å². The molecule has 1 N–H and O–H groups in total. The number of benzene rings is 1. The normalized spacial score (nSPS) is 25.4. The predicted octanol–water partition coefficient (Wildman–Crippen LogP) is 4.08. The van der Waals surface area contributed by atoms with Crippen LogP contribution in [0.3, 0.4) is 0 Å². The summed E-state index contributed by atoms with van der Waals surface area (Å²) in [6, 6.07) is 12.4. The zero-order valence-electron chi connectivity index (χ0n) is 18.8. The fourth-order valence-electron chi connectivity index (χ4n) is 4.90. The van der Waals surface area contributed by atoms with Crippen LogP contribution in [0.5, 0.6) is 0 Å². The van der Waals surface area contributed by atoms with Crippen LogP contribution in [0.2, 0.25) is 0 Å². The van der Waals surface area contributed by atoms with Crippen molar-refractivity contribution in [3.63, 3.8) is 0 Å². The van der Waals surface area contributed by atoms with E-state index < -0.39 is 5.41 Å². The van der Waals surface area contributed by atoms with Crippen LogP contribution in [0.1, 0.15) is 45.6 Å². The summed E-state index contributed by atoms with van der Waals surface area (Å²) in [5.74, 6) is 0.915. The van der Waals surface area contributed by atoms with E-state index >= 15 is 0 Å². The van der Waals surface area contributed by atoms with Crippen molar-refractivity contribution in [1.82, 2.24) is 15.2 Å². The second kappa shape index (κ2) is 8.81. The smallest absolute Gasteiger partial charge is 0.228 e. The van der Waals surface area contributed by atoms with Crippen molar-refractivity contribution in [3.05, 3.63) is 54.4 Å². The number of carbonyl (C=O) groups excluding carboxylic acids is 2. The fraction of sp³-hybridized carbons (Fsp3) is 0.500. The van der Waals surface area contributed by atoms with Gasteiger partial charge in [-0.25, -0.2) is 0 Å². The number of nitrogens with zero attached hydrogens (tertiary/aromatic N) is 2. The molecule has 5 heteroatoms. The summed E-state index contributed by atoms with van der Waals surface area (Å²) in [5, 5.41) is 3.16. The second-order valence-electron chi connectivity index (χ2n) is 9.66. The monoisotopic (exact) mass is 419 g/mol. The van der Waals surface area contributed by atoms with Gasteiger partial charge in [0, 0.05) is 37.4 Å². The van der Waals surface area contributed by atoms with Gasteiger partial charge >= 0.3 is 0 Å². The molecule has 5 nitrogen and oxygen atoms in total.